The number of rotatable bonds is 8. The predicted octanol–water partition coefficient (Wildman–Crippen LogP) is 4.61. The lowest BCUT2D eigenvalue weighted by Gasteiger charge is -2.01. The van der Waals surface area contributed by atoms with E-state index in [9.17, 15) is 4.79 Å². The summed E-state index contributed by atoms with van der Waals surface area (Å²) < 4.78 is 16.0. The summed E-state index contributed by atoms with van der Waals surface area (Å²) in [5.74, 6) is 1.76. The molecule has 0 aliphatic carbocycles. The Labute approximate surface area is 186 Å². The Kier molecular flexibility index (Phi) is 6.48. The van der Waals surface area contributed by atoms with Crippen LogP contribution < -0.4 is 14.8 Å². The van der Waals surface area contributed by atoms with Crippen LogP contribution in [-0.4, -0.2) is 41.1 Å². The van der Waals surface area contributed by atoms with Gasteiger partial charge in [-0.25, -0.2) is 4.98 Å². The summed E-state index contributed by atoms with van der Waals surface area (Å²) in [5, 5.41) is 13.5. The molecule has 1 N–H and O–H groups in total. The standard InChI is InChI=1S/C21H18N4O4S2/c1-27-15-8-6-13(7-9-15)17-11-30-20(22-17)23-18(26)12-31-21-25-24-19(29-21)14-4-3-5-16(10-14)28-2/h3-11H,12H2,1-2H3,(H,22,23,26). The van der Waals surface area contributed by atoms with Gasteiger partial charge in [0.05, 0.1) is 25.7 Å². The van der Waals surface area contributed by atoms with E-state index < -0.39 is 0 Å². The first-order chi connectivity index (χ1) is 15.1. The highest BCUT2D eigenvalue weighted by Gasteiger charge is 2.13. The Balaban J connectivity index is 1.32. The number of amides is 1. The molecular formula is C21H18N4O4S2. The van der Waals surface area contributed by atoms with Crippen molar-refractivity contribution in [2.45, 2.75) is 5.22 Å². The van der Waals surface area contributed by atoms with Gasteiger partial charge in [0.25, 0.3) is 5.22 Å². The lowest BCUT2D eigenvalue weighted by atomic mass is 10.2. The van der Waals surface area contributed by atoms with E-state index in [0.717, 1.165) is 34.3 Å². The molecule has 0 fully saturated rings. The van der Waals surface area contributed by atoms with Crippen molar-refractivity contribution in [3.8, 4) is 34.2 Å². The van der Waals surface area contributed by atoms with Crippen LogP contribution in [0, 0.1) is 0 Å². The molecule has 2 aromatic heterocycles. The summed E-state index contributed by atoms with van der Waals surface area (Å²) in [6.45, 7) is 0. The van der Waals surface area contributed by atoms with E-state index in [0.29, 0.717) is 22.0 Å². The Morgan fingerprint density at radius 3 is 2.65 bits per heavy atom. The molecule has 2 heterocycles. The predicted molar refractivity (Wildman–Crippen MR) is 120 cm³/mol. The summed E-state index contributed by atoms with van der Waals surface area (Å²) in [7, 11) is 3.21. The molecule has 31 heavy (non-hydrogen) atoms. The second kappa shape index (κ2) is 9.63. The molecule has 0 saturated heterocycles. The number of methoxy groups -OCH3 is 2. The smallest absolute Gasteiger partial charge is 0.277 e. The third-order valence-electron chi connectivity index (χ3n) is 4.19. The maximum absolute atomic E-state index is 12.3. The third-order valence-corrected chi connectivity index (χ3v) is 5.76. The third kappa shape index (κ3) is 5.22. The van der Waals surface area contributed by atoms with Gasteiger partial charge < -0.3 is 19.2 Å². The van der Waals surface area contributed by atoms with Crippen LogP contribution in [0.25, 0.3) is 22.7 Å². The largest absolute Gasteiger partial charge is 0.497 e. The van der Waals surface area contributed by atoms with Gasteiger partial charge in [-0.05, 0) is 42.5 Å². The topological polar surface area (TPSA) is 99.4 Å². The fourth-order valence-electron chi connectivity index (χ4n) is 2.65. The maximum atomic E-state index is 12.3. The van der Waals surface area contributed by atoms with Crippen molar-refractivity contribution in [1.29, 1.82) is 0 Å². The minimum Gasteiger partial charge on any atom is -0.497 e. The lowest BCUT2D eigenvalue weighted by Crippen LogP contribution is -2.13. The van der Waals surface area contributed by atoms with Gasteiger partial charge in [0.1, 0.15) is 11.5 Å². The number of hydrogen-bond donors (Lipinski definition) is 1. The van der Waals surface area contributed by atoms with E-state index in [4.69, 9.17) is 13.9 Å². The van der Waals surface area contributed by atoms with Crippen molar-refractivity contribution in [3.63, 3.8) is 0 Å². The first kappa shape index (κ1) is 20.9. The van der Waals surface area contributed by atoms with Gasteiger partial charge in [-0.3, -0.25) is 4.79 Å². The first-order valence-electron chi connectivity index (χ1n) is 9.15. The molecule has 2 aromatic carbocycles. The molecule has 0 radical (unpaired) electrons. The molecule has 0 aliphatic heterocycles. The highest BCUT2D eigenvalue weighted by Crippen LogP contribution is 2.28. The zero-order chi connectivity index (χ0) is 21.6. The zero-order valence-electron chi connectivity index (χ0n) is 16.7. The van der Waals surface area contributed by atoms with Crippen LogP contribution in [0.1, 0.15) is 0 Å². The fourth-order valence-corrected chi connectivity index (χ4v) is 3.95. The molecular weight excluding hydrogens is 436 g/mol. The van der Waals surface area contributed by atoms with Gasteiger partial charge in [0, 0.05) is 16.5 Å². The minimum absolute atomic E-state index is 0.122. The number of carbonyl (C=O) groups is 1. The summed E-state index contributed by atoms with van der Waals surface area (Å²) in [6.07, 6.45) is 0. The molecule has 4 aromatic rings. The summed E-state index contributed by atoms with van der Waals surface area (Å²) in [5.41, 5.74) is 2.48. The van der Waals surface area contributed by atoms with Crippen molar-refractivity contribution in [2.75, 3.05) is 25.3 Å². The number of anilines is 1. The van der Waals surface area contributed by atoms with Crippen LogP contribution in [0.5, 0.6) is 11.5 Å². The highest BCUT2D eigenvalue weighted by molar-refractivity contribution is 7.99. The number of thiazole rings is 1. The minimum atomic E-state index is -0.207. The van der Waals surface area contributed by atoms with Crippen LogP contribution in [0.4, 0.5) is 5.13 Å². The SMILES string of the molecule is COc1ccc(-c2csc(NC(=O)CSc3nnc(-c4cccc(OC)c4)o3)n2)cc1. The second-order valence-corrected chi connectivity index (χ2v) is 7.99. The van der Waals surface area contributed by atoms with E-state index in [1.165, 1.54) is 11.3 Å². The normalized spacial score (nSPS) is 10.6. The summed E-state index contributed by atoms with van der Waals surface area (Å²) >= 11 is 2.52. The number of aromatic nitrogens is 3. The number of nitrogens with one attached hydrogen (secondary N) is 1. The maximum Gasteiger partial charge on any atom is 0.277 e. The van der Waals surface area contributed by atoms with Crippen LogP contribution in [-0.2, 0) is 4.79 Å². The number of hydrogen-bond acceptors (Lipinski definition) is 9. The molecule has 0 atom stereocenters. The Morgan fingerprint density at radius 1 is 1.06 bits per heavy atom. The molecule has 0 unspecified atom stereocenters. The first-order valence-corrected chi connectivity index (χ1v) is 11.0. The monoisotopic (exact) mass is 454 g/mol. The molecule has 158 valence electrons. The molecule has 10 heteroatoms. The van der Waals surface area contributed by atoms with Gasteiger partial charge in [-0.1, -0.05) is 17.8 Å². The molecule has 1 amide bonds. The van der Waals surface area contributed by atoms with Crippen LogP contribution >= 0.6 is 23.1 Å². The van der Waals surface area contributed by atoms with Gasteiger partial charge in [-0.15, -0.1) is 21.5 Å². The average Bonchev–Trinajstić information content (AvgIpc) is 3.48. The molecule has 8 nitrogen and oxygen atoms in total. The van der Waals surface area contributed by atoms with Crippen molar-refractivity contribution in [2.24, 2.45) is 0 Å². The molecule has 0 bridgehead atoms. The number of benzene rings is 2. The Hall–Kier alpha value is -3.37. The van der Waals surface area contributed by atoms with E-state index in [-0.39, 0.29) is 11.7 Å². The van der Waals surface area contributed by atoms with Gasteiger partial charge in [0.2, 0.25) is 11.8 Å². The fraction of sp³-hybridized carbons (Fsp3) is 0.143. The van der Waals surface area contributed by atoms with Crippen molar-refractivity contribution >= 4 is 34.1 Å². The molecule has 0 aliphatic rings. The van der Waals surface area contributed by atoms with Crippen molar-refractivity contribution in [3.05, 3.63) is 53.9 Å². The van der Waals surface area contributed by atoms with Crippen molar-refractivity contribution in [1.82, 2.24) is 15.2 Å². The van der Waals surface area contributed by atoms with Crippen LogP contribution in [0.2, 0.25) is 0 Å². The van der Waals surface area contributed by atoms with E-state index in [2.05, 4.69) is 20.5 Å². The van der Waals surface area contributed by atoms with Gasteiger partial charge in [0.15, 0.2) is 5.13 Å². The highest BCUT2D eigenvalue weighted by atomic mass is 32.2. The summed E-state index contributed by atoms with van der Waals surface area (Å²) in [4.78, 5) is 16.8. The Morgan fingerprint density at radius 2 is 1.87 bits per heavy atom. The Bertz CT molecular complexity index is 1170. The quantitative estimate of drug-likeness (QED) is 0.385. The average molecular weight is 455 g/mol. The van der Waals surface area contributed by atoms with Gasteiger partial charge in [-0.2, -0.15) is 0 Å². The van der Waals surface area contributed by atoms with Crippen LogP contribution in [0.15, 0.2) is 63.6 Å². The van der Waals surface area contributed by atoms with E-state index in [1.54, 1.807) is 20.3 Å². The molecule has 4 rings (SSSR count). The number of ether oxygens (including phenoxy) is 2. The molecule has 0 spiro atoms. The zero-order valence-corrected chi connectivity index (χ0v) is 18.3. The summed E-state index contributed by atoms with van der Waals surface area (Å²) in [6, 6.07) is 14.9. The van der Waals surface area contributed by atoms with E-state index >= 15 is 0 Å². The van der Waals surface area contributed by atoms with Gasteiger partial charge >= 0.3 is 0 Å². The number of carbonyl (C=O) groups excluding carboxylic acids is 1. The van der Waals surface area contributed by atoms with Crippen molar-refractivity contribution < 1.29 is 18.7 Å². The second-order valence-electron chi connectivity index (χ2n) is 6.21. The van der Waals surface area contributed by atoms with E-state index in [1.807, 2.05) is 47.8 Å². The number of nitrogens with zero attached hydrogens (tertiary/aromatic N) is 3. The number of thioether (sulfide) groups is 1. The lowest BCUT2D eigenvalue weighted by molar-refractivity contribution is -0.113. The van der Waals surface area contributed by atoms with Crippen LogP contribution in [0.3, 0.4) is 0 Å². The molecule has 0 saturated carbocycles.